The number of benzene rings is 2. The van der Waals surface area contributed by atoms with Crippen LogP contribution >= 0.6 is 0 Å². The van der Waals surface area contributed by atoms with E-state index in [4.69, 9.17) is 9.47 Å². The molecule has 0 bridgehead atoms. The smallest absolute Gasteiger partial charge is 0.239 e. The maximum absolute atomic E-state index is 12.3. The van der Waals surface area contributed by atoms with Crippen LogP contribution in [0.15, 0.2) is 42.5 Å². The van der Waals surface area contributed by atoms with Gasteiger partial charge in [-0.05, 0) is 55.7 Å². The number of carbonyl (C=O) groups excluding carboxylic acids is 1. The van der Waals surface area contributed by atoms with E-state index in [1.807, 2.05) is 30.3 Å². The lowest BCUT2D eigenvalue weighted by Crippen LogP contribution is -2.38. The first-order valence-electron chi connectivity index (χ1n) is 8.86. The second kappa shape index (κ2) is 9.70. The van der Waals surface area contributed by atoms with Crippen LogP contribution in [0.1, 0.15) is 18.1 Å². The van der Waals surface area contributed by atoms with Gasteiger partial charge in [0.25, 0.3) is 0 Å². The van der Waals surface area contributed by atoms with Crippen molar-refractivity contribution in [2.45, 2.75) is 20.3 Å². The van der Waals surface area contributed by atoms with E-state index in [2.05, 4.69) is 36.2 Å². The zero-order valence-corrected chi connectivity index (χ0v) is 16.0. The van der Waals surface area contributed by atoms with E-state index in [1.54, 1.807) is 14.2 Å². The molecule has 2 aromatic carbocycles. The van der Waals surface area contributed by atoms with Crippen molar-refractivity contribution in [2.75, 3.05) is 38.8 Å². The van der Waals surface area contributed by atoms with E-state index in [-0.39, 0.29) is 5.91 Å². The van der Waals surface area contributed by atoms with Crippen LogP contribution in [0.2, 0.25) is 0 Å². The molecule has 5 nitrogen and oxygen atoms in total. The first-order chi connectivity index (χ1) is 12.6. The minimum Gasteiger partial charge on any atom is -0.493 e. The van der Waals surface area contributed by atoms with E-state index >= 15 is 0 Å². The van der Waals surface area contributed by atoms with Gasteiger partial charge >= 0.3 is 0 Å². The second-order valence-corrected chi connectivity index (χ2v) is 6.14. The van der Waals surface area contributed by atoms with E-state index in [9.17, 15) is 4.79 Å². The van der Waals surface area contributed by atoms with Gasteiger partial charge in [-0.2, -0.15) is 0 Å². The lowest BCUT2D eigenvalue weighted by Gasteiger charge is -2.23. The Morgan fingerprint density at radius 3 is 2.50 bits per heavy atom. The number of methoxy groups -OCH3 is 2. The Labute approximate surface area is 155 Å². The minimum atomic E-state index is 0.0221. The van der Waals surface area contributed by atoms with Gasteiger partial charge in [0.05, 0.1) is 20.8 Å². The topological polar surface area (TPSA) is 50.8 Å². The SMILES string of the molecule is CCN(CC(=O)NCCc1ccc(OC)c(OC)c1)c1cccc(C)c1. The van der Waals surface area contributed by atoms with Crippen molar-refractivity contribution in [1.29, 1.82) is 0 Å². The molecule has 0 aliphatic heterocycles. The lowest BCUT2D eigenvalue weighted by atomic mass is 10.1. The van der Waals surface area contributed by atoms with Gasteiger partial charge in [-0.25, -0.2) is 0 Å². The fourth-order valence-corrected chi connectivity index (χ4v) is 2.82. The zero-order chi connectivity index (χ0) is 18.9. The Kier molecular flexibility index (Phi) is 7.33. The number of likely N-dealkylation sites (N-methyl/N-ethyl adjacent to an activating group) is 1. The summed E-state index contributed by atoms with van der Waals surface area (Å²) in [6.45, 7) is 5.83. The molecule has 0 saturated carbocycles. The van der Waals surface area contributed by atoms with Crippen LogP contribution in [0.5, 0.6) is 11.5 Å². The predicted molar refractivity (Wildman–Crippen MR) is 105 cm³/mol. The summed E-state index contributed by atoms with van der Waals surface area (Å²) in [4.78, 5) is 14.4. The third-order valence-electron chi connectivity index (χ3n) is 4.27. The van der Waals surface area contributed by atoms with E-state index in [0.717, 1.165) is 24.2 Å². The first kappa shape index (κ1) is 19.6. The van der Waals surface area contributed by atoms with E-state index in [0.29, 0.717) is 24.6 Å². The van der Waals surface area contributed by atoms with Crippen molar-refractivity contribution in [2.24, 2.45) is 0 Å². The molecule has 0 radical (unpaired) electrons. The molecular weight excluding hydrogens is 328 g/mol. The Morgan fingerprint density at radius 1 is 1.08 bits per heavy atom. The molecule has 1 N–H and O–H groups in total. The fourth-order valence-electron chi connectivity index (χ4n) is 2.82. The summed E-state index contributed by atoms with van der Waals surface area (Å²) < 4.78 is 10.6. The molecule has 0 fully saturated rings. The summed E-state index contributed by atoms with van der Waals surface area (Å²) in [5.74, 6) is 1.43. The molecule has 1 amide bonds. The summed E-state index contributed by atoms with van der Waals surface area (Å²) in [7, 11) is 3.24. The van der Waals surface area contributed by atoms with Gasteiger partial charge in [-0.3, -0.25) is 4.79 Å². The molecule has 2 rings (SSSR count). The molecule has 0 aliphatic carbocycles. The number of nitrogens with one attached hydrogen (secondary N) is 1. The van der Waals surface area contributed by atoms with Crippen LogP contribution in [-0.2, 0) is 11.2 Å². The van der Waals surface area contributed by atoms with E-state index < -0.39 is 0 Å². The highest BCUT2D eigenvalue weighted by molar-refractivity contribution is 5.81. The molecule has 0 saturated heterocycles. The van der Waals surface area contributed by atoms with Crippen molar-refractivity contribution in [1.82, 2.24) is 5.32 Å². The fraction of sp³-hybridized carbons (Fsp3) is 0.381. The molecular formula is C21H28N2O3. The minimum absolute atomic E-state index is 0.0221. The highest BCUT2D eigenvalue weighted by Crippen LogP contribution is 2.27. The van der Waals surface area contributed by atoms with Gasteiger partial charge in [-0.15, -0.1) is 0 Å². The number of rotatable bonds is 9. The summed E-state index contributed by atoms with van der Waals surface area (Å²) >= 11 is 0. The molecule has 140 valence electrons. The zero-order valence-electron chi connectivity index (χ0n) is 16.0. The highest BCUT2D eigenvalue weighted by atomic mass is 16.5. The van der Waals surface area contributed by atoms with Crippen LogP contribution in [0.3, 0.4) is 0 Å². The summed E-state index contributed by atoms with van der Waals surface area (Å²) in [6.07, 6.45) is 0.739. The number of anilines is 1. The van der Waals surface area contributed by atoms with Crippen LogP contribution < -0.4 is 19.7 Å². The second-order valence-electron chi connectivity index (χ2n) is 6.14. The average molecular weight is 356 g/mol. The number of aryl methyl sites for hydroxylation is 1. The van der Waals surface area contributed by atoms with Crippen molar-refractivity contribution < 1.29 is 14.3 Å². The number of ether oxygens (including phenoxy) is 2. The third-order valence-corrected chi connectivity index (χ3v) is 4.27. The molecule has 0 aliphatic rings. The van der Waals surface area contributed by atoms with Gasteiger partial charge < -0.3 is 19.7 Å². The van der Waals surface area contributed by atoms with Crippen LogP contribution in [-0.4, -0.2) is 39.8 Å². The average Bonchev–Trinajstić information content (AvgIpc) is 2.65. The first-order valence-corrected chi connectivity index (χ1v) is 8.86. The highest BCUT2D eigenvalue weighted by Gasteiger charge is 2.10. The van der Waals surface area contributed by atoms with E-state index in [1.165, 1.54) is 5.56 Å². The van der Waals surface area contributed by atoms with Crippen molar-refractivity contribution in [3.63, 3.8) is 0 Å². The summed E-state index contributed by atoms with van der Waals surface area (Å²) in [5.41, 5.74) is 3.35. The Bertz CT molecular complexity index is 731. The van der Waals surface area contributed by atoms with Crippen molar-refractivity contribution in [3.05, 3.63) is 53.6 Å². The number of carbonyl (C=O) groups is 1. The van der Waals surface area contributed by atoms with Crippen LogP contribution in [0.4, 0.5) is 5.69 Å². The molecule has 5 heteroatoms. The Balaban J connectivity index is 1.86. The molecule has 0 spiro atoms. The van der Waals surface area contributed by atoms with Gasteiger partial charge in [0.2, 0.25) is 5.91 Å². The Hall–Kier alpha value is -2.69. The van der Waals surface area contributed by atoms with Crippen LogP contribution in [0.25, 0.3) is 0 Å². The largest absolute Gasteiger partial charge is 0.493 e. The molecule has 26 heavy (non-hydrogen) atoms. The maximum atomic E-state index is 12.3. The number of nitrogens with zero attached hydrogens (tertiary/aromatic N) is 1. The number of hydrogen-bond donors (Lipinski definition) is 1. The number of amides is 1. The number of hydrogen-bond acceptors (Lipinski definition) is 4. The molecule has 0 unspecified atom stereocenters. The molecule has 0 heterocycles. The molecule has 2 aromatic rings. The normalized spacial score (nSPS) is 10.3. The van der Waals surface area contributed by atoms with Crippen molar-refractivity contribution >= 4 is 11.6 Å². The summed E-state index contributed by atoms with van der Waals surface area (Å²) in [6, 6.07) is 14.0. The van der Waals surface area contributed by atoms with Gasteiger partial charge in [0.1, 0.15) is 0 Å². The Morgan fingerprint density at radius 2 is 1.85 bits per heavy atom. The van der Waals surface area contributed by atoms with Gasteiger partial charge in [-0.1, -0.05) is 18.2 Å². The van der Waals surface area contributed by atoms with Gasteiger partial charge in [0.15, 0.2) is 11.5 Å². The molecule has 0 aromatic heterocycles. The maximum Gasteiger partial charge on any atom is 0.239 e. The third kappa shape index (κ3) is 5.41. The molecule has 0 atom stereocenters. The monoisotopic (exact) mass is 356 g/mol. The standard InChI is InChI=1S/C21H28N2O3/c1-5-23(18-8-6-7-16(2)13-18)15-21(24)22-12-11-17-9-10-19(25-3)20(14-17)26-4/h6-10,13-14H,5,11-12,15H2,1-4H3,(H,22,24). The summed E-state index contributed by atoms with van der Waals surface area (Å²) in [5, 5.41) is 2.99. The van der Waals surface area contributed by atoms with Gasteiger partial charge in [0, 0.05) is 18.8 Å². The van der Waals surface area contributed by atoms with Crippen LogP contribution in [0, 0.1) is 6.92 Å². The quantitative estimate of drug-likeness (QED) is 0.750. The lowest BCUT2D eigenvalue weighted by molar-refractivity contribution is -0.119. The predicted octanol–water partition coefficient (Wildman–Crippen LogP) is 3.20. The van der Waals surface area contributed by atoms with Crippen molar-refractivity contribution in [3.8, 4) is 11.5 Å².